The highest BCUT2D eigenvalue weighted by atomic mass is 16.6. The number of carbonyl (C=O) groups is 3. The van der Waals surface area contributed by atoms with Crippen LogP contribution in [0.2, 0.25) is 0 Å². The van der Waals surface area contributed by atoms with Crippen molar-refractivity contribution in [1.82, 2.24) is 5.32 Å². The number of esters is 2. The van der Waals surface area contributed by atoms with Crippen molar-refractivity contribution in [1.29, 1.82) is 0 Å². The van der Waals surface area contributed by atoms with Gasteiger partial charge in [0, 0.05) is 36.2 Å². The molecule has 2 aliphatic rings. The minimum Gasteiger partial charge on any atom is -0.493 e. The Labute approximate surface area is 182 Å². The largest absolute Gasteiger partial charge is 0.493 e. The summed E-state index contributed by atoms with van der Waals surface area (Å²) in [5, 5.41) is 3.30. The van der Waals surface area contributed by atoms with Gasteiger partial charge in [0.1, 0.15) is 0 Å². The Bertz CT molecular complexity index is 1000. The number of allylic oxidation sites excluding steroid dienone is 3. The zero-order valence-corrected chi connectivity index (χ0v) is 18.9. The van der Waals surface area contributed by atoms with Gasteiger partial charge in [0.15, 0.2) is 17.3 Å². The zero-order chi connectivity index (χ0) is 22.9. The predicted molar refractivity (Wildman–Crippen MR) is 115 cm³/mol. The van der Waals surface area contributed by atoms with Gasteiger partial charge in [0.25, 0.3) is 0 Å². The number of hydrogen-bond donors (Lipinski definition) is 1. The van der Waals surface area contributed by atoms with E-state index >= 15 is 0 Å². The molecule has 1 N–H and O–H groups in total. The Morgan fingerprint density at radius 2 is 1.90 bits per heavy atom. The molecule has 3 rings (SSSR count). The molecule has 1 heterocycles. The summed E-state index contributed by atoms with van der Waals surface area (Å²) >= 11 is 0. The third-order valence-electron chi connectivity index (χ3n) is 5.51. The van der Waals surface area contributed by atoms with Crippen LogP contribution in [0, 0.1) is 5.41 Å². The van der Waals surface area contributed by atoms with Gasteiger partial charge in [-0.15, -0.1) is 0 Å². The van der Waals surface area contributed by atoms with Crippen molar-refractivity contribution in [3.8, 4) is 11.5 Å². The van der Waals surface area contributed by atoms with Gasteiger partial charge in [-0.3, -0.25) is 9.59 Å². The van der Waals surface area contributed by atoms with E-state index in [1.807, 2.05) is 6.92 Å². The Balaban J connectivity index is 2.19. The van der Waals surface area contributed by atoms with Crippen LogP contribution >= 0.6 is 0 Å². The maximum Gasteiger partial charge on any atom is 0.336 e. The molecular formula is C24H29NO6. The summed E-state index contributed by atoms with van der Waals surface area (Å²) in [6, 6.07) is 5.08. The molecule has 0 spiro atoms. The smallest absolute Gasteiger partial charge is 0.336 e. The Hall–Kier alpha value is -3.09. The third-order valence-corrected chi connectivity index (χ3v) is 5.51. The number of ether oxygens (including phenoxy) is 3. The number of carbonyl (C=O) groups excluding carboxylic acids is 3. The van der Waals surface area contributed by atoms with Gasteiger partial charge in [-0.05, 0) is 43.4 Å². The molecule has 7 heteroatoms. The van der Waals surface area contributed by atoms with E-state index in [0.29, 0.717) is 41.0 Å². The van der Waals surface area contributed by atoms with Crippen molar-refractivity contribution in [2.75, 3.05) is 13.7 Å². The van der Waals surface area contributed by atoms with Gasteiger partial charge in [-0.1, -0.05) is 19.9 Å². The summed E-state index contributed by atoms with van der Waals surface area (Å²) in [5.41, 5.74) is 2.99. The fraction of sp³-hybridized carbons (Fsp3) is 0.458. The van der Waals surface area contributed by atoms with Crippen molar-refractivity contribution in [3.63, 3.8) is 0 Å². The van der Waals surface area contributed by atoms with E-state index in [4.69, 9.17) is 14.2 Å². The predicted octanol–water partition coefficient (Wildman–Crippen LogP) is 3.79. The molecule has 1 aromatic carbocycles. The van der Waals surface area contributed by atoms with Crippen LogP contribution in [0.1, 0.15) is 58.9 Å². The van der Waals surface area contributed by atoms with Crippen molar-refractivity contribution in [3.05, 3.63) is 46.3 Å². The molecule has 0 fully saturated rings. The second-order valence-corrected chi connectivity index (χ2v) is 8.65. The number of Topliss-reactive ketones (excluding diaryl/α,β-unsaturated/α-hetero) is 1. The van der Waals surface area contributed by atoms with E-state index in [9.17, 15) is 14.4 Å². The van der Waals surface area contributed by atoms with Gasteiger partial charge in [-0.2, -0.15) is 0 Å². The number of ketones is 1. The highest BCUT2D eigenvalue weighted by molar-refractivity contribution is 6.04. The molecule has 0 bridgehead atoms. The molecule has 1 atom stereocenters. The van der Waals surface area contributed by atoms with Gasteiger partial charge < -0.3 is 19.5 Å². The molecule has 1 aliphatic carbocycles. The fourth-order valence-electron chi connectivity index (χ4n) is 4.35. The first-order valence-electron chi connectivity index (χ1n) is 10.4. The monoisotopic (exact) mass is 427 g/mol. The molecule has 31 heavy (non-hydrogen) atoms. The van der Waals surface area contributed by atoms with Crippen LogP contribution in [-0.2, 0) is 19.1 Å². The number of hydrogen-bond acceptors (Lipinski definition) is 7. The minimum atomic E-state index is -0.598. The normalized spacial score (nSPS) is 20.1. The Morgan fingerprint density at radius 1 is 1.19 bits per heavy atom. The van der Waals surface area contributed by atoms with E-state index in [0.717, 1.165) is 5.70 Å². The van der Waals surface area contributed by atoms with Crippen molar-refractivity contribution < 1.29 is 28.6 Å². The van der Waals surface area contributed by atoms with Gasteiger partial charge in [-0.25, -0.2) is 4.79 Å². The maximum absolute atomic E-state index is 13.3. The van der Waals surface area contributed by atoms with Crippen molar-refractivity contribution in [2.24, 2.45) is 5.41 Å². The third kappa shape index (κ3) is 4.50. The SMILES string of the molecule is CCOC(=O)C1=C(C)NC2=C(C(=O)CC(C)(C)C2)[C@H]1c1ccc(OC(C)=O)c(OC)c1. The molecule has 0 radical (unpaired) electrons. The highest BCUT2D eigenvalue weighted by Gasteiger charge is 2.43. The summed E-state index contributed by atoms with van der Waals surface area (Å²) < 4.78 is 15.9. The van der Waals surface area contributed by atoms with Crippen LogP contribution < -0.4 is 14.8 Å². The first-order chi connectivity index (χ1) is 14.6. The van der Waals surface area contributed by atoms with Crippen molar-refractivity contribution in [2.45, 2.75) is 53.4 Å². The van der Waals surface area contributed by atoms with Gasteiger partial charge in [0.05, 0.1) is 19.3 Å². The standard InChI is InChI=1S/C24H29NO6/c1-7-30-23(28)20-13(2)25-16-11-24(4,5)12-17(27)22(16)21(20)15-8-9-18(31-14(3)26)19(10-15)29-6/h8-10,21,25H,7,11-12H2,1-6H3/t21-/m0/s1. The van der Waals surface area contributed by atoms with Crippen LogP contribution in [0.25, 0.3) is 0 Å². The van der Waals surface area contributed by atoms with E-state index in [-0.39, 0.29) is 23.6 Å². The second kappa shape index (κ2) is 8.57. The number of dihydropyridines is 1. The summed E-state index contributed by atoms with van der Waals surface area (Å²) in [4.78, 5) is 37.6. The summed E-state index contributed by atoms with van der Waals surface area (Å²) in [6.07, 6.45) is 1.09. The average Bonchev–Trinajstić information content (AvgIpc) is 2.65. The lowest BCUT2D eigenvalue weighted by Crippen LogP contribution is -2.38. The first-order valence-corrected chi connectivity index (χ1v) is 10.4. The van der Waals surface area contributed by atoms with Crippen LogP contribution in [0.15, 0.2) is 40.7 Å². The van der Waals surface area contributed by atoms with Crippen LogP contribution in [0.4, 0.5) is 0 Å². The molecule has 0 saturated carbocycles. The number of methoxy groups -OCH3 is 1. The summed E-state index contributed by atoms with van der Waals surface area (Å²) in [7, 11) is 1.47. The number of nitrogens with one attached hydrogen (secondary N) is 1. The van der Waals surface area contributed by atoms with E-state index in [1.165, 1.54) is 14.0 Å². The van der Waals surface area contributed by atoms with E-state index < -0.39 is 17.9 Å². The quantitative estimate of drug-likeness (QED) is 0.565. The minimum absolute atomic E-state index is 0.000998. The van der Waals surface area contributed by atoms with Crippen LogP contribution in [0.5, 0.6) is 11.5 Å². The maximum atomic E-state index is 13.3. The second-order valence-electron chi connectivity index (χ2n) is 8.65. The highest BCUT2D eigenvalue weighted by Crippen LogP contribution is 2.47. The molecule has 1 aromatic rings. The fourth-order valence-corrected chi connectivity index (χ4v) is 4.35. The number of rotatable bonds is 5. The van der Waals surface area contributed by atoms with Gasteiger partial charge in [0.2, 0.25) is 0 Å². The molecule has 0 aromatic heterocycles. The molecule has 1 aliphatic heterocycles. The first kappa shape index (κ1) is 22.6. The van der Waals surface area contributed by atoms with Crippen LogP contribution in [0.3, 0.4) is 0 Å². The van der Waals surface area contributed by atoms with Crippen molar-refractivity contribution >= 4 is 17.7 Å². The van der Waals surface area contributed by atoms with Crippen LogP contribution in [-0.4, -0.2) is 31.4 Å². The molecule has 7 nitrogen and oxygen atoms in total. The average molecular weight is 427 g/mol. The molecule has 0 amide bonds. The van der Waals surface area contributed by atoms with E-state index in [2.05, 4.69) is 19.2 Å². The lowest BCUT2D eigenvalue weighted by molar-refractivity contribution is -0.139. The molecule has 0 unspecified atom stereocenters. The Morgan fingerprint density at radius 3 is 2.52 bits per heavy atom. The lowest BCUT2D eigenvalue weighted by Gasteiger charge is -2.39. The lowest BCUT2D eigenvalue weighted by atomic mass is 9.68. The van der Waals surface area contributed by atoms with E-state index in [1.54, 1.807) is 25.1 Å². The molecule has 0 saturated heterocycles. The summed E-state index contributed by atoms with van der Waals surface area (Å²) in [6.45, 7) is 9.22. The molecular weight excluding hydrogens is 398 g/mol. The van der Waals surface area contributed by atoms with Gasteiger partial charge >= 0.3 is 11.9 Å². The number of benzene rings is 1. The topological polar surface area (TPSA) is 90.9 Å². The zero-order valence-electron chi connectivity index (χ0n) is 18.9. The Kier molecular flexibility index (Phi) is 6.25. The molecule has 166 valence electrons. The summed E-state index contributed by atoms with van der Waals surface area (Å²) in [5.74, 6) is -0.912.